The van der Waals surface area contributed by atoms with Gasteiger partial charge in [0.15, 0.2) is 12.1 Å². The van der Waals surface area contributed by atoms with Gasteiger partial charge in [-0.15, -0.1) is 0 Å². The molecule has 1 aliphatic carbocycles. The minimum atomic E-state index is -1.03. The van der Waals surface area contributed by atoms with Gasteiger partial charge in [0, 0.05) is 25.2 Å². The number of rotatable bonds is 8. The number of nitrogens with zero attached hydrogens (tertiary/aromatic N) is 1. The third-order valence-corrected chi connectivity index (χ3v) is 6.89. The van der Waals surface area contributed by atoms with Crippen molar-refractivity contribution in [2.45, 2.75) is 76.5 Å². The average molecular weight is 418 g/mol. The molecule has 2 aliphatic rings. The van der Waals surface area contributed by atoms with E-state index in [1.807, 2.05) is 30.3 Å². The number of carbonyl (C=O) groups excluding carboxylic acids is 2. The van der Waals surface area contributed by atoms with Crippen LogP contribution in [-0.2, 0) is 25.5 Å². The normalized spacial score (nSPS) is 29.8. The summed E-state index contributed by atoms with van der Waals surface area (Å²) >= 11 is 0. The number of esters is 1. The second-order valence-electron chi connectivity index (χ2n) is 8.60. The number of carboxylic acid groups (broad SMARTS) is 1. The van der Waals surface area contributed by atoms with Crippen molar-refractivity contribution in [3.05, 3.63) is 35.9 Å². The molecule has 1 amide bonds. The van der Waals surface area contributed by atoms with E-state index in [1.165, 1.54) is 0 Å². The molecule has 1 saturated heterocycles. The molecule has 7 nitrogen and oxygen atoms in total. The third-order valence-electron chi connectivity index (χ3n) is 6.89. The molecule has 3 N–H and O–H groups in total. The number of fused-ring (bicyclic) bond motifs is 1. The summed E-state index contributed by atoms with van der Waals surface area (Å²) in [5.41, 5.74) is 7.09. The Morgan fingerprint density at radius 2 is 1.93 bits per heavy atom. The van der Waals surface area contributed by atoms with Gasteiger partial charge in [-0.3, -0.25) is 0 Å². The van der Waals surface area contributed by atoms with Crippen molar-refractivity contribution in [1.29, 1.82) is 0 Å². The van der Waals surface area contributed by atoms with E-state index in [1.54, 1.807) is 13.8 Å². The van der Waals surface area contributed by atoms with Crippen LogP contribution in [0.5, 0.6) is 0 Å². The van der Waals surface area contributed by atoms with Gasteiger partial charge in [0.25, 0.3) is 0 Å². The first-order chi connectivity index (χ1) is 14.3. The molecule has 164 valence electrons. The molecule has 1 saturated carbocycles. The highest BCUT2D eigenvalue weighted by molar-refractivity contribution is 5.85. The van der Waals surface area contributed by atoms with E-state index < -0.39 is 30.1 Å². The Morgan fingerprint density at radius 3 is 2.53 bits per heavy atom. The molecule has 2 fully saturated rings. The number of ether oxygens (including phenoxy) is 1. The zero-order valence-corrected chi connectivity index (χ0v) is 17.8. The van der Waals surface area contributed by atoms with Crippen molar-refractivity contribution in [1.82, 2.24) is 0 Å². The molecule has 6 atom stereocenters. The molecular weight excluding hydrogens is 384 g/mol. The molecule has 0 aromatic heterocycles. The fraction of sp³-hybridized carbons (Fsp3) is 0.609. The molecule has 7 heteroatoms. The van der Waals surface area contributed by atoms with Crippen molar-refractivity contribution in [3.63, 3.8) is 0 Å². The zero-order valence-electron chi connectivity index (χ0n) is 17.8. The van der Waals surface area contributed by atoms with Crippen LogP contribution in [0.15, 0.2) is 30.3 Å². The Morgan fingerprint density at radius 1 is 1.23 bits per heavy atom. The Balaban J connectivity index is 2.09. The first-order valence-corrected chi connectivity index (χ1v) is 10.9. The fourth-order valence-corrected chi connectivity index (χ4v) is 5.79. The molecule has 0 bridgehead atoms. The Bertz CT molecular complexity index is 781. The number of likely N-dealkylation sites (tertiary alicyclic amines) is 1. The van der Waals surface area contributed by atoms with Gasteiger partial charge in [0.1, 0.15) is 12.1 Å². The quantitative estimate of drug-likeness (QED) is 0.496. The maximum absolute atomic E-state index is 13.7. The van der Waals surface area contributed by atoms with Crippen LogP contribution < -0.4 is 5.73 Å². The number of benzene rings is 1. The Labute approximate surface area is 177 Å². The lowest BCUT2D eigenvalue weighted by atomic mass is 9.96. The van der Waals surface area contributed by atoms with Crippen molar-refractivity contribution in [2.24, 2.45) is 11.7 Å². The second kappa shape index (κ2) is 9.27. The highest BCUT2D eigenvalue weighted by Crippen LogP contribution is 2.49. The van der Waals surface area contributed by atoms with Crippen molar-refractivity contribution in [2.75, 3.05) is 6.61 Å². The van der Waals surface area contributed by atoms with Crippen molar-refractivity contribution in [3.8, 4) is 0 Å². The first-order valence-electron chi connectivity index (χ1n) is 10.9. The number of carboxylic acids is 1. The predicted molar refractivity (Wildman–Crippen MR) is 111 cm³/mol. The molecule has 0 radical (unpaired) electrons. The van der Waals surface area contributed by atoms with Gasteiger partial charge < -0.3 is 15.6 Å². The van der Waals surface area contributed by atoms with Crippen molar-refractivity contribution < 1.29 is 28.7 Å². The minimum Gasteiger partial charge on any atom is -0.477 e. The predicted octanol–water partition coefficient (Wildman–Crippen LogP) is 2.27. The molecule has 0 spiro atoms. The average Bonchev–Trinajstić information content (AvgIpc) is 3.30. The van der Waals surface area contributed by atoms with E-state index in [4.69, 9.17) is 10.5 Å². The number of aryl methyl sites for hydroxylation is 1. The SMILES string of the molecule is CCOC(=O)C(CCc1ccccc1)[N@@+]1(C(=O)[C@H](C)N)[C@H](C(=O)O)C[C@@H]2CCC[C@@H]21. The van der Waals surface area contributed by atoms with E-state index in [0.29, 0.717) is 19.3 Å². The smallest absolute Gasteiger partial charge is 0.365 e. The fourth-order valence-electron chi connectivity index (χ4n) is 5.79. The number of hydrogen-bond donors (Lipinski definition) is 2. The van der Waals surface area contributed by atoms with Crippen LogP contribution in [0.1, 0.15) is 51.5 Å². The monoisotopic (exact) mass is 417 g/mol. The first kappa shape index (κ1) is 22.4. The van der Waals surface area contributed by atoms with Crippen LogP contribution in [0.3, 0.4) is 0 Å². The topological polar surface area (TPSA) is 107 Å². The Kier molecular flexibility index (Phi) is 6.93. The number of aliphatic carboxylic acids is 1. The van der Waals surface area contributed by atoms with Gasteiger partial charge in [-0.2, -0.15) is 0 Å². The molecule has 1 heterocycles. The molecule has 1 aromatic rings. The van der Waals surface area contributed by atoms with Crippen LogP contribution in [0, 0.1) is 5.92 Å². The lowest BCUT2D eigenvalue weighted by Crippen LogP contribution is -2.72. The third kappa shape index (κ3) is 3.88. The summed E-state index contributed by atoms with van der Waals surface area (Å²) in [6, 6.07) is 6.80. The van der Waals surface area contributed by atoms with Crippen LogP contribution in [0.25, 0.3) is 0 Å². The number of nitrogens with two attached hydrogens (primary N) is 1. The van der Waals surface area contributed by atoms with Crippen LogP contribution >= 0.6 is 0 Å². The van der Waals surface area contributed by atoms with Crippen LogP contribution in [-0.4, -0.2) is 58.2 Å². The molecule has 1 aromatic carbocycles. The lowest BCUT2D eigenvalue weighted by Gasteiger charge is -2.45. The zero-order chi connectivity index (χ0) is 21.9. The van der Waals surface area contributed by atoms with Crippen molar-refractivity contribution >= 4 is 17.8 Å². The summed E-state index contributed by atoms with van der Waals surface area (Å²) in [5, 5.41) is 10.1. The van der Waals surface area contributed by atoms with E-state index in [9.17, 15) is 19.5 Å². The maximum Gasteiger partial charge on any atom is 0.365 e. The number of amides is 1. The highest BCUT2D eigenvalue weighted by atomic mass is 16.5. The number of carbonyl (C=O) groups is 3. The van der Waals surface area contributed by atoms with E-state index >= 15 is 0 Å². The second-order valence-corrected chi connectivity index (χ2v) is 8.60. The summed E-state index contributed by atoms with van der Waals surface area (Å²) in [4.78, 5) is 39.3. The molecule has 30 heavy (non-hydrogen) atoms. The largest absolute Gasteiger partial charge is 0.477 e. The molecule has 3 rings (SSSR count). The molecule has 1 unspecified atom stereocenters. The minimum absolute atomic E-state index is 0.113. The van der Waals surface area contributed by atoms with Gasteiger partial charge >= 0.3 is 17.8 Å². The van der Waals surface area contributed by atoms with E-state index in [-0.39, 0.29) is 29.0 Å². The summed E-state index contributed by atoms with van der Waals surface area (Å²) < 4.78 is 5.01. The van der Waals surface area contributed by atoms with E-state index in [0.717, 1.165) is 24.8 Å². The summed E-state index contributed by atoms with van der Waals surface area (Å²) in [6.45, 7) is 3.49. The number of hydrogen-bond acceptors (Lipinski definition) is 5. The van der Waals surface area contributed by atoms with Gasteiger partial charge in [-0.05, 0) is 38.7 Å². The van der Waals surface area contributed by atoms with Gasteiger partial charge in [0.05, 0.1) is 6.61 Å². The summed E-state index contributed by atoms with van der Waals surface area (Å²) in [7, 11) is 0. The van der Waals surface area contributed by atoms with Gasteiger partial charge in [-0.25, -0.2) is 18.9 Å². The summed E-state index contributed by atoms with van der Waals surface area (Å²) in [5.74, 6) is -1.78. The van der Waals surface area contributed by atoms with Crippen LogP contribution in [0.4, 0.5) is 0 Å². The lowest BCUT2D eigenvalue weighted by molar-refractivity contribution is -0.899. The van der Waals surface area contributed by atoms with Crippen LogP contribution in [0.2, 0.25) is 0 Å². The van der Waals surface area contributed by atoms with Gasteiger partial charge in [-0.1, -0.05) is 30.3 Å². The van der Waals surface area contributed by atoms with Gasteiger partial charge in [0.2, 0.25) is 0 Å². The number of quaternary nitrogens is 1. The molecular formula is C23H33N2O5+. The van der Waals surface area contributed by atoms with E-state index in [2.05, 4.69) is 0 Å². The maximum atomic E-state index is 13.7. The standard InChI is InChI=1S/C23H32N2O5/c1-3-30-23(29)19(13-12-16-8-5-4-6-9-16)25(21(26)15(2)24)18-11-7-10-17(18)14-20(25)22(27)28/h4-6,8-9,15,17-20H,3,7,10-14,24H2,1-2H3/p+1/t15-,17-,18-,19?,20-,25+/m0/s1. The summed E-state index contributed by atoms with van der Waals surface area (Å²) in [6.07, 6.45) is 3.85. The molecule has 1 aliphatic heterocycles. The highest BCUT2D eigenvalue weighted by Gasteiger charge is 2.68. The Hall–Kier alpha value is -2.25.